The van der Waals surface area contributed by atoms with Crippen molar-refractivity contribution < 1.29 is 17.9 Å². The fourth-order valence-electron chi connectivity index (χ4n) is 5.80. The summed E-state index contributed by atoms with van der Waals surface area (Å²) in [5.74, 6) is 0.534. The minimum absolute atomic E-state index is 0.216. The molecule has 214 valence electrons. The number of carbonyl (C=O) groups is 1. The van der Waals surface area contributed by atoms with Gasteiger partial charge in [-0.25, -0.2) is 17.9 Å². The van der Waals surface area contributed by atoms with Crippen molar-refractivity contribution in [1.29, 1.82) is 0 Å². The van der Waals surface area contributed by atoms with Crippen molar-refractivity contribution in [2.45, 2.75) is 44.0 Å². The van der Waals surface area contributed by atoms with E-state index in [2.05, 4.69) is 15.9 Å². The molecule has 1 amide bonds. The van der Waals surface area contributed by atoms with Crippen LogP contribution in [0, 0.1) is 0 Å². The third-order valence-electron chi connectivity index (χ3n) is 8.00. The number of hydrogen-bond donors (Lipinski definition) is 0. The Bertz CT molecular complexity index is 1520. The zero-order valence-corrected chi connectivity index (χ0v) is 24.3. The summed E-state index contributed by atoms with van der Waals surface area (Å²) in [5, 5.41) is 5.43. The van der Waals surface area contributed by atoms with E-state index in [0.29, 0.717) is 22.7 Å². The first-order valence-corrected chi connectivity index (χ1v) is 16.4. The molecule has 0 bridgehead atoms. The van der Waals surface area contributed by atoms with E-state index in [1.807, 2.05) is 15.5 Å². The summed E-state index contributed by atoms with van der Waals surface area (Å²) < 4.78 is 31.7. The molecule has 0 N–H and O–H groups in total. The van der Waals surface area contributed by atoms with Crippen LogP contribution in [-0.4, -0.2) is 90.9 Å². The Morgan fingerprint density at radius 3 is 2.58 bits per heavy atom. The fraction of sp³-hybridized carbons (Fsp3) is 0.536. The molecule has 0 spiro atoms. The highest BCUT2D eigenvalue weighted by molar-refractivity contribution is 7.89. The summed E-state index contributed by atoms with van der Waals surface area (Å²) in [6, 6.07) is 8.77. The maximum atomic E-state index is 14.0. The highest BCUT2D eigenvalue weighted by Gasteiger charge is 2.33. The Kier molecular flexibility index (Phi) is 7.73. The first-order valence-electron chi connectivity index (χ1n) is 14.0. The largest absolute Gasteiger partial charge is 0.379 e. The van der Waals surface area contributed by atoms with Crippen LogP contribution in [0.3, 0.4) is 0 Å². The summed E-state index contributed by atoms with van der Waals surface area (Å²) in [6.07, 6.45) is 4.96. The molecule has 0 radical (unpaired) electrons. The van der Waals surface area contributed by atoms with Crippen LogP contribution in [0.2, 0.25) is 5.02 Å². The van der Waals surface area contributed by atoms with Crippen molar-refractivity contribution in [3.63, 3.8) is 0 Å². The van der Waals surface area contributed by atoms with Crippen LogP contribution in [0.1, 0.15) is 59.0 Å². The minimum atomic E-state index is -3.34. The molecular weight excluding hydrogens is 552 g/mol. The Labute approximate surface area is 239 Å². The van der Waals surface area contributed by atoms with Gasteiger partial charge in [0.1, 0.15) is 5.82 Å². The number of halogens is 1. The van der Waals surface area contributed by atoms with Crippen molar-refractivity contribution >= 4 is 38.8 Å². The first-order chi connectivity index (χ1) is 19.2. The molecule has 40 heavy (non-hydrogen) atoms. The number of rotatable bonds is 7. The third-order valence-corrected chi connectivity index (χ3v) is 9.07. The zero-order valence-electron chi connectivity index (χ0n) is 22.8. The Hall–Kier alpha value is -2.73. The second-order valence-electron chi connectivity index (χ2n) is 11.1. The number of amides is 1. The molecule has 3 aromatic rings. The van der Waals surface area contributed by atoms with E-state index in [4.69, 9.17) is 26.4 Å². The maximum absolute atomic E-state index is 14.0. The molecule has 10 nitrogen and oxygen atoms in total. The van der Waals surface area contributed by atoms with Crippen LogP contribution in [0.5, 0.6) is 0 Å². The minimum Gasteiger partial charge on any atom is -0.379 e. The predicted octanol–water partition coefficient (Wildman–Crippen LogP) is 3.34. The monoisotopic (exact) mass is 586 g/mol. The summed E-state index contributed by atoms with van der Waals surface area (Å²) in [7, 11) is -3.34. The SMILES string of the molecule is CS(=O)(=O)Cc1ccc(Cl)cc1C(=O)N1CCCC[C@H]1c1cc2nc(N3CCC3)cc(CN3CCOCC3)n2n1. The van der Waals surface area contributed by atoms with Gasteiger partial charge in [0.05, 0.1) is 36.4 Å². The van der Waals surface area contributed by atoms with E-state index in [1.165, 1.54) is 12.7 Å². The van der Waals surface area contributed by atoms with Gasteiger partial charge in [-0.1, -0.05) is 17.7 Å². The van der Waals surface area contributed by atoms with Crippen LogP contribution in [0.15, 0.2) is 30.3 Å². The number of ether oxygens (including phenoxy) is 1. The van der Waals surface area contributed by atoms with Crippen LogP contribution in [-0.2, 0) is 26.9 Å². The van der Waals surface area contributed by atoms with E-state index in [-0.39, 0.29) is 17.7 Å². The van der Waals surface area contributed by atoms with Gasteiger partial charge in [-0.15, -0.1) is 0 Å². The molecule has 0 unspecified atom stereocenters. The van der Waals surface area contributed by atoms with Crippen molar-refractivity contribution in [1.82, 2.24) is 24.4 Å². The molecule has 0 aliphatic carbocycles. The molecule has 5 heterocycles. The van der Waals surface area contributed by atoms with Crippen molar-refractivity contribution in [3.05, 3.63) is 57.9 Å². The second-order valence-corrected chi connectivity index (χ2v) is 13.6. The molecule has 0 saturated carbocycles. The van der Waals surface area contributed by atoms with Gasteiger partial charge in [0, 0.05) is 68.2 Å². The van der Waals surface area contributed by atoms with Gasteiger partial charge in [0.15, 0.2) is 15.5 Å². The number of nitrogens with zero attached hydrogens (tertiary/aromatic N) is 6. The lowest BCUT2D eigenvalue weighted by molar-refractivity contribution is 0.0333. The number of fused-ring (bicyclic) bond motifs is 1. The summed E-state index contributed by atoms with van der Waals surface area (Å²) in [6.45, 7) is 6.51. The predicted molar refractivity (Wildman–Crippen MR) is 154 cm³/mol. The number of anilines is 1. The standard InChI is InChI=1S/C28H35ClN6O4S/c1-40(37,38)19-20-6-7-21(29)15-23(20)28(36)34-10-3-2-5-25(34)24-17-27-30-26(33-8-4-9-33)16-22(35(27)31-24)18-32-11-13-39-14-12-32/h6-7,15-17,25H,2-5,8-14,18-19H2,1H3/t25-/m0/s1. The molecule has 1 atom stereocenters. The Balaban J connectivity index is 1.36. The summed E-state index contributed by atoms with van der Waals surface area (Å²) in [4.78, 5) is 25.4. The van der Waals surface area contributed by atoms with Crippen LogP contribution >= 0.6 is 11.6 Å². The lowest BCUT2D eigenvalue weighted by Gasteiger charge is -2.35. The highest BCUT2D eigenvalue weighted by atomic mass is 35.5. The Morgan fingerprint density at radius 1 is 1.05 bits per heavy atom. The van der Waals surface area contributed by atoms with Gasteiger partial charge >= 0.3 is 0 Å². The molecule has 1 aromatic carbocycles. The summed E-state index contributed by atoms with van der Waals surface area (Å²) in [5.41, 5.74) is 3.45. The molecular formula is C28H35ClN6O4S. The maximum Gasteiger partial charge on any atom is 0.254 e. The molecule has 2 aromatic heterocycles. The van der Waals surface area contributed by atoms with Crippen LogP contribution in [0.25, 0.3) is 5.65 Å². The van der Waals surface area contributed by atoms with E-state index < -0.39 is 9.84 Å². The van der Waals surface area contributed by atoms with E-state index in [0.717, 1.165) is 88.1 Å². The lowest BCUT2D eigenvalue weighted by Crippen LogP contribution is -2.39. The van der Waals surface area contributed by atoms with Crippen molar-refractivity contribution in [2.24, 2.45) is 0 Å². The molecule has 12 heteroatoms. The van der Waals surface area contributed by atoms with Crippen LogP contribution < -0.4 is 4.90 Å². The highest BCUT2D eigenvalue weighted by Crippen LogP contribution is 2.34. The second kappa shape index (κ2) is 11.3. The van der Waals surface area contributed by atoms with Gasteiger partial charge in [0.2, 0.25) is 0 Å². The van der Waals surface area contributed by atoms with Gasteiger partial charge in [0.25, 0.3) is 5.91 Å². The van der Waals surface area contributed by atoms with Gasteiger partial charge < -0.3 is 14.5 Å². The van der Waals surface area contributed by atoms with Crippen LogP contribution in [0.4, 0.5) is 5.82 Å². The molecule has 3 saturated heterocycles. The Morgan fingerprint density at radius 2 is 1.85 bits per heavy atom. The molecule has 3 aliphatic rings. The fourth-order valence-corrected chi connectivity index (χ4v) is 6.79. The van der Waals surface area contributed by atoms with Gasteiger partial charge in [-0.05, 0) is 43.4 Å². The number of likely N-dealkylation sites (tertiary alicyclic amines) is 1. The molecule has 3 fully saturated rings. The molecule has 6 rings (SSSR count). The number of hydrogen-bond acceptors (Lipinski definition) is 8. The van der Waals surface area contributed by atoms with Gasteiger partial charge in [-0.3, -0.25) is 9.69 Å². The smallest absolute Gasteiger partial charge is 0.254 e. The number of carbonyl (C=O) groups excluding carboxylic acids is 1. The quantitative estimate of drug-likeness (QED) is 0.416. The van der Waals surface area contributed by atoms with Gasteiger partial charge in [-0.2, -0.15) is 5.10 Å². The number of morpholine rings is 1. The zero-order chi connectivity index (χ0) is 27.9. The summed E-state index contributed by atoms with van der Waals surface area (Å²) >= 11 is 6.27. The number of sulfone groups is 1. The normalized spacial score (nSPS) is 20.6. The third kappa shape index (κ3) is 5.83. The van der Waals surface area contributed by atoms with Crippen molar-refractivity contribution in [2.75, 3.05) is 57.1 Å². The van der Waals surface area contributed by atoms with E-state index in [1.54, 1.807) is 18.2 Å². The van der Waals surface area contributed by atoms with E-state index >= 15 is 0 Å². The lowest BCUT2D eigenvalue weighted by atomic mass is 9.97. The number of aromatic nitrogens is 3. The molecule has 3 aliphatic heterocycles. The van der Waals surface area contributed by atoms with E-state index in [9.17, 15) is 13.2 Å². The topological polar surface area (TPSA) is 100 Å². The number of piperidine rings is 1. The van der Waals surface area contributed by atoms with Crippen molar-refractivity contribution in [3.8, 4) is 0 Å². The average molecular weight is 587 g/mol. The number of benzene rings is 1. The average Bonchev–Trinajstić information content (AvgIpc) is 3.33. The first kappa shape index (κ1) is 27.4.